The maximum atomic E-state index is 9.31. The van der Waals surface area contributed by atoms with Crippen LogP contribution in [-0.2, 0) is 6.42 Å². The van der Waals surface area contributed by atoms with Crippen LogP contribution in [-0.4, -0.2) is 21.6 Å². The summed E-state index contributed by atoms with van der Waals surface area (Å²) in [5, 5.41) is 12.8. The first-order chi connectivity index (χ1) is 9.29. The van der Waals surface area contributed by atoms with Crippen molar-refractivity contribution in [3.8, 4) is 5.75 Å². The van der Waals surface area contributed by atoms with Crippen LogP contribution >= 0.6 is 0 Å². The minimum Gasteiger partial charge on any atom is -0.508 e. The van der Waals surface area contributed by atoms with Crippen LogP contribution in [0.2, 0.25) is 0 Å². The Morgan fingerprint density at radius 2 is 2.00 bits per heavy atom. The molecule has 2 aromatic rings. The first kappa shape index (κ1) is 13.5. The Hall–Kier alpha value is -1.94. The molecule has 0 bridgehead atoms. The fourth-order valence-electron chi connectivity index (χ4n) is 1.97. The summed E-state index contributed by atoms with van der Waals surface area (Å²) in [6, 6.07) is 9.42. The summed E-state index contributed by atoms with van der Waals surface area (Å²) in [5.41, 5.74) is 2.17. The molecule has 0 saturated carbocycles. The quantitative estimate of drug-likeness (QED) is 0.834. The van der Waals surface area contributed by atoms with E-state index < -0.39 is 0 Å². The summed E-state index contributed by atoms with van der Waals surface area (Å²) in [6.45, 7) is 3.09. The van der Waals surface area contributed by atoms with E-state index in [-0.39, 0.29) is 6.04 Å². The summed E-state index contributed by atoms with van der Waals surface area (Å²) in [6.07, 6.45) is 5.26. The van der Waals surface area contributed by atoms with E-state index in [1.54, 1.807) is 24.7 Å². The van der Waals surface area contributed by atoms with Crippen molar-refractivity contribution in [3.63, 3.8) is 0 Å². The maximum absolute atomic E-state index is 9.31. The first-order valence-corrected chi connectivity index (χ1v) is 6.56. The van der Waals surface area contributed by atoms with Gasteiger partial charge in [0.2, 0.25) is 0 Å². The highest BCUT2D eigenvalue weighted by molar-refractivity contribution is 5.27. The molecule has 0 aliphatic heterocycles. The van der Waals surface area contributed by atoms with Gasteiger partial charge < -0.3 is 10.4 Å². The number of hydrogen-bond acceptors (Lipinski definition) is 4. The molecule has 0 saturated heterocycles. The molecule has 1 aromatic carbocycles. The number of nitrogens with one attached hydrogen (secondary N) is 1. The minimum atomic E-state index is 0.174. The number of nitrogens with zero attached hydrogens (tertiary/aromatic N) is 2. The molecule has 0 aliphatic carbocycles. The zero-order valence-corrected chi connectivity index (χ0v) is 11.1. The lowest BCUT2D eigenvalue weighted by atomic mass is 10.0. The average Bonchev–Trinajstić information content (AvgIpc) is 2.46. The van der Waals surface area contributed by atoms with Crippen LogP contribution < -0.4 is 5.32 Å². The van der Waals surface area contributed by atoms with E-state index in [4.69, 9.17) is 0 Å². The number of aromatic nitrogens is 2. The van der Waals surface area contributed by atoms with E-state index in [0.29, 0.717) is 5.75 Å². The first-order valence-electron chi connectivity index (χ1n) is 6.56. The van der Waals surface area contributed by atoms with Crippen molar-refractivity contribution in [1.29, 1.82) is 0 Å². The van der Waals surface area contributed by atoms with E-state index in [1.807, 2.05) is 18.2 Å². The van der Waals surface area contributed by atoms with Crippen molar-refractivity contribution in [2.24, 2.45) is 0 Å². The third-order valence-corrected chi connectivity index (χ3v) is 2.98. The number of rotatable bonds is 6. The van der Waals surface area contributed by atoms with Gasteiger partial charge in [0.1, 0.15) is 12.1 Å². The monoisotopic (exact) mass is 257 g/mol. The van der Waals surface area contributed by atoms with Gasteiger partial charge in [0.15, 0.2) is 0 Å². The lowest BCUT2D eigenvalue weighted by molar-refractivity contribution is 0.474. The van der Waals surface area contributed by atoms with Crippen LogP contribution in [0.15, 0.2) is 42.9 Å². The van der Waals surface area contributed by atoms with Gasteiger partial charge in [-0.05, 0) is 43.1 Å². The number of aromatic hydroxyl groups is 1. The van der Waals surface area contributed by atoms with Gasteiger partial charge in [0.25, 0.3) is 0 Å². The van der Waals surface area contributed by atoms with Gasteiger partial charge in [-0.2, -0.15) is 0 Å². The molecule has 19 heavy (non-hydrogen) atoms. The molecule has 1 aromatic heterocycles. The Labute approximate surface area is 113 Å². The Balaban J connectivity index is 2.11. The van der Waals surface area contributed by atoms with Gasteiger partial charge in [0, 0.05) is 6.20 Å². The molecule has 0 amide bonds. The van der Waals surface area contributed by atoms with Crippen molar-refractivity contribution < 1.29 is 5.11 Å². The average molecular weight is 257 g/mol. The lowest BCUT2D eigenvalue weighted by Gasteiger charge is -2.18. The van der Waals surface area contributed by atoms with E-state index in [1.165, 1.54) is 5.56 Å². The topological polar surface area (TPSA) is 58.0 Å². The summed E-state index contributed by atoms with van der Waals surface area (Å²) in [7, 11) is 0. The molecule has 1 atom stereocenters. The van der Waals surface area contributed by atoms with E-state index in [9.17, 15) is 5.11 Å². The third kappa shape index (κ3) is 4.03. The molecule has 4 nitrogen and oxygen atoms in total. The van der Waals surface area contributed by atoms with Crippen molar-refractivity contribution in [2.45, 2.75) is 25.8 Å². The van der Waals surface area contributed by atoms with Crippen LogP contribution in [0.1, 0.15) is 30.6 Å². The van der Waals surface area contributed by atoms with Gasteiger partial charge in [-0.3, -0.25) is 0 Å². The van der Waals surface area contributed by atoms with Crippen LogP contribution in [0, 0.1) is 0 Å². The number of phenols is 1. The Kier molecular flexibility index (Phi) is 4.86. The van der Waals surface area contributed by atoms with Gasteiger partial charge in [0.05, 0.1) is 11.7 Å². The number of phenolic OH excluding ortho intramolecular Hbond substituents is 1. The molecule has 1 unspecified atom stereocenters. The van der Waals surface area contributed by atoms with Crippen LogP contribution in [0.4, 0.5) is 0 Å². The van der Waals surface area contributed by atoms with Crippen LogP contribution in [0.5, 0.6) is 5.75 Å². The molecule has 0 radical (unpaired) electrons. The highest BCUT2D eigenvalue weighted by Gasteiger charge is 2.12. The third-order valence-electron chi connectivity index (χ3n) is 2.98. The van der Waals surface area contributed by atoms with E-state index in [2.05, 4.69) is 22.2 Å². The second-order valence-corrected chi connectivity index (χ2v) is 4.51. The molecule has 0 spiro atoms. The molecule has 100 valence electrons. The SMILES string of the molecule is CCCNC(Cc1ccc(O)cc1)c1ccncn1. The number of benzene rings is 1. The van der Waals surface area contributed by atoms with E-state index in [0.717, 1.165) is 25.1 Å². The zero-order chi connectivity index (χ0) is 13.5. The second kappa shape index (κ2) is 6.85. The van der Waals surface area contributed by atoms with Crippen molar-refractivity contribution in [1.82, 2.24) is 15.3 Å². The maximum Gasteiger partial charge on any atom is 0.115 e. The highest BCUT2D eigenvalue weighted by Crippen LogP contribution is 2.18. The molecular weight excluding hydrogens is 238 g/mol. The molecule has 1 heterocycles. The predicted molar refractivity (Wildman–Crippen MR) is 74.9 cm³/mol. The molecule has 2 N–H and O–H groups in total. The van der Waals surface area contributed by atoms with E-state index >= 15 is 0 Å². The standard InChI is InChI=1S/C15H19N3O/c1-2-8-17-15(14-7-9-16-11-18-14)10-12-3-5-13(19)6-4-12/h3-7,9,11,15,17,19H,2,8,10H2,1H3. The summed E-state index contributed by atoms with van der Waals surface area (Å²) in [5.74, 6) is 0.295. The van der Waals surface area contributed by atoms with Crippen molar-refractivity contribution in [2.75, 3.05) is 6.54 Å². The summed E-state index contributed by atoms with van der Waals surface area (Å²) < 4.78 is 0. The van der Waals surface area contributed by atoms with Crippen LogP contribution in [0.3, 0.4) is 0 Å². The molecule has 4 heteroatoms. The Bertz CT molecular complexity index is 485. The summed E-state index contributed by atoms with van der Waals surface area (Å²) >= 11 is 0. The summed E-state index contributed by atoms with van der Waals surface area (Å²) in [4.78, 5) is 8.28. The van der Waals surface area contributed by atoms with Gasteiger partial charge in [-0.25, -0.2) is 9.97 Å². The van der Waals surface area contributed by atoms with Gasteiger partial charge >= 0.3 is 0 Å². The van der Waals surface area contributed by atoms with Gasteiger partial charge in [-0.15, -0.1) is 0 Å². The fourth-order valence-corrected chi connectivity index (χ4v) is 1.97. The molecular formula is C15H19N3O. The van der Waals surface area contributed by atoms with Crippen LogP contribution in [0.25, 0.3) is 0 Å². The molecule has 0 fully saturated rings. The van der Waals surface area contributed by atoms with Gasteiger partial charge in [-0.1, -0.05) is 19.1 Å². The Morgan fingerprint density at radius 3 is 2.63 bits per heavy atom. The highest BCUT2D eigenvalue weighted by atomic mass is 16.3. The van der Waals surface area contributed by atoms with Crippen molar-refractivity contribution >= 4 is 0 Å². The predicted octanol–water partition coefficient (Wildman–Crippen LogP) is 2.47. The smallest absolute Gasteiger partial charge is 0.115 e. The molecule has 2 rings (SSSR count). The van der Waals surface area contributed by atoms with Crippen molar-refractivity contribution in [3.05, 3.63) is 54.1 Å². The number of hydrogen-bond donors (Lipinski definition) is 2. The largest absolute Gasteiger partial charge is 0.508 e. The second-order valence-electron chi connectivity index (χ2n) is 4.51. The lowest BCUT2D eigenvalue weighted by Crippen LogP contribution is -2.25. The molecule has 0 aliphatic rings. The Morgan fingerprint density at radius 1 is 1.21 bits per heavy atom. The minimum absolute atomic E-state index is 0.174. The fraction of sp³-hybridized carbons (Fsp3) is 0.333. The zero-order valence-electron chi connectivity index (χ0n) is 11.1. The normalized spacial score (nSPS) is 12.3.